The van der Waals surface area contributed by atoms with Crippen LogP contribution in [-0.4, -0.2) is 36.0 Å². The number of carbonyl (C=O) groups excluding carboxylic acids is 2. The number of nitrogens with two attached hydrogens (primary N) is 1. The summed E-state index contributed by atoms with van der Waals surface area (Å²) >= 11 is 0. The number of hydrogen-bond acceptors (Lipinski definition) is 4. The molecule has 6 nitrogen and oxygen atoms in total. The first-order chi connectivity index (χ1) is 7.54. The fourth-order valence-electron chi connectivity index (χ4n) is 1.81. The fraction of sp³-hybridized carbons (Fsp3) is 0.700. The lowest BCUT2D eigenvalue weighted by Gasteiger charge is -2.32. The van der Waals surface area contributed by atoms with E-state index in [-0.39, 0.29) is 17.9 Å². The van der Waals surface area contributed by atoms with Gasteiger partial charge in [0.15, 0.2) is 0 Å². The lowest BCUT2D eigenvalue weighted by molar-refractivity contribution is -0.125. The van der Waals surface area contributed by atoms with Gasteiger partial charge < -0.3 is 5.73 Å². The zero-order chi connectivity index (χ0) is 12.1. The molecule has 1 heterocycles. The third-order valence-electron chi connectivity index (χ3n) is 2.89. The van der Waals surface area contributed by atoms with Crippen LogP contribution in [-0.2, 0) is 4.79 Å². The molecule has 1 rings (SSSR count). The van der Waals surface area contributed by atoms with Gasteiger partial charge in [0.25, 0.3) is 0 Å². The molecular formula is C10H16N4O2. The second-order valence-electron chi connectivity index (χ2n) is 3.97. The zero-order valence-corrected chi connectivity index (χ0v) is 9.27. The minimum atomic E-state index is -0.830. The molecule has 1 fully saturated rings. The molecule has 88 valence electrons. The summed E-state index contributed by atoms with van der Waals surface area (Å²) in [5, 5.41) is 10.8. The number of nitrogens with zero attached hydrogens (tertiary/aromatic N) is 2. The number of urea groups is 1. The standard InChI is InChI=1S/C10H16N4O2/c1-7(9(15)13-10(12)16)14-4-2-8(6-11)3-5-14/h7-8H,2-5H2,1H3,(H3,12,13,15,16). The second kappa shape index (κ2) is 5.47. The number of rotatable bonds is 2. The van der Waals surface area contributed by atoms with Gasteiger partial charge in [0.2, 0.25) is 5.91 Å². The molecule has 0 bridgehead atoms. The maximum absolute atomic E-state index is 11.5. The van der Waals surface area contributed by atoms with Gasteiger partial charge in [0.1, 0.15) is 0 Å². The van der Waals surface area contributed by atoms with E-state index in [1.54, 1.807) is 6.92 Å². The Kier molecular flexibility index (Phi) is 4.26. The number of amides is 3. The molecule has 0 spiro atoms. The number of hydrogen-bond donors (Lipinski definition) is 2. The van der Waals surface area contributed by atoms with Crippen molar-refractivity contribution in [2.45, 2.75) is 25.8 Å². The Balaban J connectivity index is 2.44. The fourth-order valence-corrected chi connectivity index (χ4v) is 1.81. The molecule has 0 radical (unpaired) electrons. The van der Waals surface area contributed by atoms with E-state index in [0.29, 0.717) is 13.1 Å². The van der Waals surface area contributed by atoms with Crippen molar-refractivity contribution in [3.63, 3.8) is 0 Å². The molecule has 16 heavy (non-hydrogen) atoms. The van der Waals surface area contributed by atoms with E-state index in [1.807, 2.05) is 4.90 Å². The van der Waals surface area contributed by atoms with Crippen molar-refractivity contribution in [2.75, 3.05) is 13.1 Å². The van der Waals surface area contributed by atoms with Crippen molar-refractivity contribution in [3.8, 4) is 6.07 Å². The predicted octanol–water partition coefficient (Wildman–Crippen LogP) is -0.195. The molecule has 0 aromatic rings. The Labute approximate surface area is 94.4 Å². The highest BCUT2D eigenvalue weighted by Crippen LogP contribution is 2.17. The van der Waals surface area contributed by atoms with E-state index in [9.17, 15) is 9.59 Å². The summed E-state index contributed by atoms with van der Waals surface area (Å²) in [7, 11) is 0. The Hall–Kier alpha value is -1.61. The van der Waals surface area contributed by atoms with E-state index in [0.717, 1.165) is 12.8 Å². The average molecular weight is 224 g/mol. The van der Waals surface area contributed by atoms with Crippen LogP contribution in [0, 0.1) is 17.2 Å². The summed E-state index contributed by atoms with van der Waals surface area (Å²) in [6.45, 7) is 3.13. The lowest BCUT2D eigenvalue weighted by Crippen LogP contribution is -2.50. The van der Waals surface area contributed by atoms with Crippen LogP contribution in [0.25, 0.3) is 0 Å². The third kappa shape index (κ3) is 3.21. The lowest BCUT2D eigenvalue weighted by atomic mass is 9.97. The van der Waals surface area contributed by atoms with Gasteiger partial charge in [-0.3, -0.25) is 15.0 Å². The van der Waals surface area contributed by atoms with Crippen LogP contribution in [0.3, 0.4) is 0 Å². The number of primary amides is 1. The first-order valence-electron chi connectivity index (χ1n) is 5.28. The van der Waals surface area contributed by atoms with Gasteiger partial charge in [-0.2, -0.15) is 5.26 Å². The Morgan fingerprint density at radius 2 is 2.06 bits per heavy atom. The molecule has 3 amide bonds. The number of nitriles is 1. The molecule has 1 unspecified atom stereocenters. The van der Waals surface area contributed by atoms with E-state index in [4.69, 9.17) is 11.0 Å². The first kappa shape index (κ1) is 12.5. The number of nitrogens with one attached hydrogen (secondary N) is 1. The van der Waals surface area contributed by atoms with Crippen LogP contribution >= 0.6 is 0 Å². The topological polar surface area (TPSA) is 99.2 Å². The van der Waals surface area contributed by atoms with Gasteiger partial charge in [0, 0.05) is 19.0 Å². The summed E-state index contributed by atoms with van der Waals surface area (Å²) in [5.74, 6) is -0.300. The van der Waals surface area contributed by atoms with Gasteiger partial charge in [-0.05, 0) is 19.8 Å². The van der Waals surface area contributed by atoms with Gasteiger partial charge in [0.05, 0.1) is 12.1 Å². The zero-order valence-electron chi connectivity index (χ0n) is 9.27. The Morgan fingerprint density at radius 1 is 1.50 bits per heavy atom. The SMILES string of the molecule is CC(C(=O)NC(N)=O)N1CCC(C#N)CC1. The Morgan fingerprint density at radius 3 is 2.50 bits per heavy atom. The summed E-state index contributed by atoms with van der Waals surface area (Å²) in [6, 6.07) is 1.01. The molecule has 1 atom stereocenters. The predicted molar refractivity (Wildman–Crippen MR) is 57.1 cm³/mol. The maximum Gasteiger partial charge on any atom is 0.318 e. The number of piperidine rings is 1. The average Bonchev–Trinajstić information content (AvgIpc) is 2.27. The van der Waals surface area contributed by atoms with Gasteiger partial charge >= 0.3 is 6.03 Å². The number of carbonyl (C=O) groups is 2. The van der Waals surface area contributed by atoms with E-state index >= 15 is 0 Å². The smallest absolute Gasteiger partial charge is 0.318 e. The van der Waals surface area contributed by atoms with Crippen molar-refractivity contribution in [3.05, 3.63) is 0 Å². The maximum atomic E-state index is 11.5. The van der Waals surface area contributed by atoms with Crippen LogP contribution in [0.1, 0.15) is 19.8 Å². The van der Waals surface area contributed by atoms with Gasteiger partial charge in [-0.15, -0.1) is 0 Å². The van der Waals surface area contributed by atoms with Crippen LogP contribution in [0.2, 0.25) is 0 Å². The number of likely N-dealkylation sites (tertiary alicyclic amines) is 1. The molecule has 3 N–H and O–H groups in total. The molecule has 6 heteroatoms. The van der Waals surface area contributed by atoms with E-state index in [1.165, 1.54) is 0 Å². The summed E-state index contributed by atoms with van der Waals surface area (Å²) in [4.78, 5) is 24.0. The van der Waals surface area contributed by atoms with Gasteiger partial charge in [-0.25, -0.2) is 4.79 Å². The highest BCUT2D eigenvalue weighted by atomic mass is 16.2. The van der Waals surface area contributed by atoms with Crippen molar-refractivity contribution in [2.24, 2.45) is 11.7 Å². The van der Waals surface area contributed by atoms with Crippen molar-refractivity contribution in [1.29, 1.82) is 5.26 Å². The molecule has 0 aromatic heterocycles. The third-order valence-corrected chi connectivity index (χ3v) is 2.89. The molecule has 0 saturated carbocycles. The summed E-state index contributed by atoms with van der Waals surface area (Å²) < 4.78 is 0. The molecular weight excluding hydrogens is 208 g/mol. The highest BCUT2D eigenvalue weighted by Gasteiger charge is 2.26. The van der Waals surface area contributed by atoms with Crippen molar-refractivity contribution >= 4 is 11.9 Å². The minimum absolute atomic E-state index is 0.0858. The molecule has 0 aliphatic carbocycles. The van der Waals surface area contributed by atoms with Crippen LogP contribution in [0.4, 0.5) is 4.79 Å². The molecule has 1 aliphatic heterocycles. The normalized spacial score (nSPS) is 19.8. The largest absolute Gasteiger partial charge is 0.351 e. The molecule has 0 aromatic carbocycles. The monoisotopic (exact) mass is 224 g/mol. The highest BCUT2D eigenvalue weighted by molar-refractivity contribution is 5.96. The Bertz CT molecular complexity index is 315. The summed E-state index contributed by atoms with van der Waals surface area (Å²) in [6.07, 6.45) is 1.54. The summed E-state index contributed by atoms with van der Waals surface area (Å²) in [5.41, 5.74) is 4.87. The van der Waals surface area contributed by atoms with Crippen LogP contribution < -0.4 is 11.1 Å². The van der Waals surface area contributed by atoms with Gasteiger partial charge in [-0.1, -0.05) is 0 Å². The van der Waals surface area contributed by atoms with Crippen molar-refractivity contribution < 1.29 is 9.59 Å². The van der Waals surface area contributed by atoms with E-state index in [2.05, 4.69) is 11.4 Å². The number of imide groups is 1. The first-order valence-corrected chi connectivity index (χ1v) is 5.28. The van der Waals surface area contributed by atoms with Crippen LogP contribution in [0.15, 0.2) is 0 Å². The quantitative estimate of drug-likeness (QED) is 0.678. The minimum Gasteiger partial charge on any atom is -0.351 e. The van der Waals surface area contributed by atoms with Crippen LogP contribution in [0.5, 0.6) is 0 Å². The van der Waals surface area contributed by atoms with Crippen molar-refractivity contribution in [1.82, 2.24) is 10.2 Å². The second-order valence-corrected chi connectivity index (χ2v) is 3.97. The van der Waals surface area contributed by atoms with E-state index < -0.39 is 6.03 Å². The molecule has 1 saturated heterocycles. The molecule has 1 aliphatic rings.